The van der Waals surface area contributed by atoms with Gasteiger partial charge in [0.25, 0.3) is 0 Å². The van der Waals surface area contributed by atoms with E-state index in [1.54, 1.807) is 0 Å². The summed E-state index contributed by atoms with van der Waals surface area (Å²) in [5.41, 5.74) is 0.250. The quantitative estimate of drug-likeness (QED) is 0.470. The van der Waals surface area contributed by atoms with Gasteiger partial charge in [0.1, 0.15) is 0 Å². The molecule has 0 bridgehead atoms. The van der Waals surface area contributed by atoms with Crippen LogP contribution < -0.4 is 0 Å². The van der Waals surface area contributed by atoms with E-state index in [9.17, 15) is 0 Å². The van der Waals surface area contributed by atoms with Crippen molar-refractivity contribution in [3.8, 4) is 0 Å². The first-order chi connectivity index (χ1) is 3.00. The predicted octanol–water partition coefficient (Wildman–Crippen LogP) is 1.58. The third-order valence-corrected chi connectivity index (χ3v) is 0. The van der Waals surface area contributed by atoms with Gasteiger partial charge >= 0.3 is 0 Å². The fourth-order valence-electron chi connectivity index (χ4n) is 0. The van der Waals surface area contributed by atoms with E-state index >= 15 is 0 Å². The minimum Gasteiger partial charge on any atom is -0.545 e. The molecule has 0 aromatic carbocycles. The van der Waals surface area contributed by atoms with Gasteiger partial charge in [-0.1, -0.05) is 20.8 Å². The van der Waals surface area contributed by atoms with Crippen LogP contribution in [0, 0.1) is 12.3 Å². The Morgan fingerprint density at radius 2 is 1.00 bits per heavy atom. The molecule has 0 aliphatic carbocycles. The second-order valence-electron chi connectivity index (χ2n) is 2.56. The third-order valence-electron chi connectivity index (χ3n) is 0. The molecule has 0 fully saturated rings. The number of rotatable bonds is 0. The maximum atomic E-state index is 7.75. The molecule has 0 unspecified atom stereocenters. The van der Waals surface area contributed by atoms with E-state index in [0.717, 1.165) is 0 Å². The van der Waals surface area contributed by atoms with Gasteiger partial charge in [-0.05, 0) is 0 Å². The monoisotopic (exact) mass is 367 g/mol. The number of carbonyl (C=O) groups excluding carboxylic acids is 1. The molecule has 0 N–H and O–H groups in total. The summed E-state index contributed by atoms with van der Waals surface area (Å²) in [6.07, 6.45) is 0. The van der Waals surface area contributed by atoms with Crippen LogP contribution in [-0.4, -0.2) is 6.79 Å². The second-order valence-corrected chi connectivity index (χ2v) is 2.56. The average Bonchev–Trinajstić information content (AvgIpc) is 1.36. The first kappa shape index (κ1) is 29.3. The van der Waals surface area contributed by atoms with Crippen molar-refractivity contribution in [1.29, 1.82) is 0 Å². The van der Waals surface area contributed by atoms with Crippen molar-refractivity contribution in [2.45, 2.75) is 20.8 Å². The molecule has 0 heterocycles. The molecule has 3 radical (unpaired) electrons. The molecule has 53 valence electrons. The second kappa shape index (κ2) is 17.9. The summed E-state index contributed by atoms with van der Waals surface area (Å²) in [5.74, 6) is 0. The van der Waals surface area contributed by atoms with Crippen LogP contribution in [-0.2, 0) is 103 Å². The molecular formula is C6H12OY3-2. The van der Waals surface area contributed by atoms with Crippen molar-refractivity contribution in [2.75, 3.05) is 0 Å². The van der Waals surface area contributed by atoms with Gasteiger partial charge in [0, 0.05) is 98.1 Å². The Kier molecular flexibility index (Phi) is 52.4. The fraction of sp³-hybridized carbons (Fsp3) is 0.667. The van der Waals surface area contributed by atoms with Gasteiger partial charge in [0.05, 0.1) is 0 Å². The van der Waals surface area contributed by atoms with Crippen molar-refractivity contribution in [2.24, 2.45) is 5.41 Å². The van der Waals surface area contributed by atoms with Crippen LogP contribution in [0.5, 0.6) is 0 Å². The van der Waals surface area contributed by atoms with Crippen LogP contribution in [0.3, 0.4) is 0 Å². The molecule has 0 saturated carbocycles. The van der Waals surface area contributed by atoms with Crippen LogP contribution in [0.2, 0.25) is 0 Å². The smallest absolute Gasteiger partial charge is 0 e. The molecule has 0 rings (SSSR count). The first-order valence-electron chi connectivity index (χ1n) is 2.09. The summed E-state index contributed by atoms with van der Waals surface area (Å²) < 4.78 is 0. The topological polar surface area (TPSA) is 17.1 Å². The largest absolute Gasteiger partial charge is 0.545 e. The molecule has 10 heavy (non-hydrogen) atoms. The van der Waals surface area contributed by atoms with E-state index in [0.29, 0.717) is 0 Å². The summed E-state index contributed by atoms with van der Waals surface area (Å²) in [7, 11) is 0. The van der Waals surface area contributed by atoms with E-state index in [1.165, 1.54) is 0 Å². The molecule has 1 nitrogen and oxygen atoms in total. The maximum Gasteiger partial charge on any atom is 0 e. The van der Waals surface area contributed by atoms with Gasteiger partial charge in [-0.3, -0.25) is 6.79 Å². The van der Waals surface area contributed by atoms with Crippen LogP contribution in [0.4, 0.5) is 0 Å². The molecule has 0 atom stereocenters. The molecule has 4 heteroatoms. The molecule has 0 aliphatic rings. The van der Waals surface area contributed by atoms with E-state index < -0.39 is 0 Å². The Labute approximate surface area is 140 Å². The Balaban J connectivity index is -0.0000000154. The van der Waals surface area contributed by atoms with Crippen molar-refractivity contribution in [1.82, 2.24) is 0 Å². The molecule has 0 spiro atoms. The van der Waals surface area contributed by atoms with E-state index in [4.69, 9.17) is 4.79 Å². The van der Waals surface area contributed by atoms with Gasteiger partial charge in [-0.2, -0.15) is 5.41 Å². The van der Waals surface area contributed by atoms with Crippen molar-refractivity contribution in [3.63, 3.8) is 0 Å². The normalized spacial score (nSPS) is 6.40. The minimum absolute atomic E-state index is 0. The van der Waals surface area contributed by atoms with Crippen LogP contribution in [0.25, 0.3) is 0 Å². The van der Waals surface area contributed by atoms with Gasteiger partial charge in [-0.15, -0.1) is 0 Å². The Morgan fingerprint density at radius 1 is 1.00 bits per heavy atom. The summed E-state index contributed by atoms with van der Waals surface area (Å²) in [6.45, 7) is 13.3. The zero-order valence-electron chi connectivity index (χ0n) is 6.92. The van der Waals surface area contributed by atoms with Crippen molar-refractivity contribution in [3.05, 3.63) is 6.92 Å². The predicted molar refractivity (Wildman–Crippen MR) is 31.6 cm³/mol. The number of hydrogen-bond acceptors (Lipinski definition) is 1. The Morgan fingerprint density at radius 3 is 1.00 bits per heavy atom. The van der Waals surface area contributed by atoms with Crippen molar-refractivity contribution >= 4 is 6.79 Å². The van der Waals surface area contributed by atoms with E-state index in [-0.39, 0.29) is 104 Å². The minimum atomic E-state index is 0. The van der Waals surface area contributed by atoms with E-state index in [2.05, 4.69) is 34.5 Å². The molecule has 0 aromatic rings. The first-order valence-corrected chi connectivity index (χ1v) is 2.09. The van der Waals surface area contributed by atoms with Crippen molar-refractivity contribution < 1.29 is 103 Å². The average molecular weight is 367 g/mol. The fourth-order valence-corrected chi connectivity index (χ4v) is 0. The number of hydrogen-bond donors (Lipinski definition) is 0. The van der Waals surface area contributed by atoms with Crippen LogP contribution in [0.1, 0.15) is 20.8 Å². The SMILES string of the molecule is [CH-]=O.[CH2-]C(C)(C)C.[Y].[Y].[Y]. The standard InChI is InChI=1S/C5H11.CHO.3Y/c1-5(2,3)4;1-2;;;/h1H2,2-4H3;1H;;;/q2*-1;;;. The van der Waals surface area contributed by atoms with Gasteiger partial charge < -0.3 is 11.7 Å². The Hall–Kier alpha value is 2.98. The van der Waals surface area contributed by atoms with Crippen LogP contribution >= 0.6 is 0 Å². The van der Waals surface area contributed by atoms with E-state index in [1.807, 2.05) is 0 Å². The Bertz CT molecular complexity index is 36.7. The summed E-state index contributed by atoms with van der Waals surface area (Å²) >= 11 is 0. The summed E-state index contributed by atoms with van der Waals surface area (Å²) in [4.78, 5) is 7.75. The summed E-state index contributed by atoms with van der Waals surface area (Å²) in [5, 5.41) is 0. The van der Waals surface area contributed by atoms with Gasteiger partial charge in [0.2, 0.25) is 0 Å². The molecule has 0 aromatic heterocycles. The molecule has 0 amide bonds. The van der Waals surface area contributed by atoms with Gasteiger partial charge in [0.15, 0.2) is 0 Å². The third kappa shape index (κ3) is 123. The zero-order valence-corrected chi connectivity index (χ0v) is 15.4. The molecule has 0 aliphatic heterocycles. The maximum absolute atomic E-state index is 7.75. The zero-order chi connectivity index (χ0) is 6.50. The molecular weight excluding hydrogens is 355 g/mol. The van der Waals surface area contributed by atoms with Gasteiger partial charge in [-0.25, -0.2) is 0 Å². The van der Waals surface area contributed by atoms with Crippen LogP contribution in [0.15, 0.2) is 0 Å². The summed E-state index contributed by atoms with van der Waals surface area (Å²) in [6, 6.07) is 0. The molecule has 0 saturated heterocycles.